The second-order valence-electron chi connectivity index (χ2n) is 6.22. The van der Waals surface area contributed by atoms with Crippen LogP contribution in [0.1, 0.15) is 21.0 Å². The summed E-state index contributed by atoms with van der Waals surface area (Å²) in [5.74, 6) is 0. The van der Waals surface area contributed by atoms with Crippen LogP contribution in [0, 0.1) is 0 Å². The van der Waals surface area contributed by atoms with Crippen molar-refractivity contribution in [2.45, 2.75) is 0 Å². The Labute approximate surface area is 181 Å². The molecule has 0 radical (unpaired) electrons. The molecule has 0 fully saturated rings. The van der Waals surface area contributed by atoms with E-state index in [1.54, 1.807) is 0 Å². The van der Waals surface area contributed by atoms with Crippen molar-refractivity contribution in [2.24, 2.45) is 0 Å². The maximum absolute atomic E-state index is 10.8. The first-order valence-corrected chi connectivity index (χ1v) is 9.50. The number of hydrogen-bond acceptors (Lipinski definition) is 6. The van der Waals surface area contributed by atoms with Crippen LogP contribution in [0.15, 0.2) is 61.2 Å². The Bertz CT molecular complexity index is 1140. The van der Waals surface area contributed by atoms with E-state index in [4.69, 9.17) is 23.2 Å². The molecule has 0 saturated carbocycles. The fourth-order valence-electron chi connectivity index (χ4n) is 2.95. The van der Waals surface area contributed by atoms with E-state index >= 15 is 0 Å². The molecule has 2 aromatic heterocycles. The van der Waals surface area contributed by atoms with Crippen molar-refractivity contribution < 1.29 is 9.59 Å². The number of benzene rings is 2. The molecule has 8 heteroatoms. The van der Waals surface area contributed by atoms with Crippen LogP contribution in [0.2, 0.25) is 10.0 Å². The Morgan fingerprint density at radius 3 is 1.30 bits per heavy atom. The van der Waals surface area contributed by atoms with Gasteiger partial charge in [0.05, 0.1) is 46.2 Å². The van der Waals surface area contributed by atoms with Gasteiger partial charge in [-0.05, 0) is 0 Å². The van der Waals surface area contributed by atoms with E-state index in [1.165, 1.54) is 24.8 Å². The fourth-order valence-corrected chi connectivity index (χ4v) is 3.60. The van der Waals surface area contributed by atoms with Crippen molar-refractivity contribution >= 4 is 35.8 Å². The lowest BCUT2D eigenvalue weighted by Gasteiger charge is -2.13. The van der Waals surface area contributed by atoms with E-state index < -0.39 is 0 Å². The van der Waals surface area contributed by atoms with Gasteiger partial charge in [-0.1, -0.05) is 59.6 Å². The van der Waals surface area contributed by atoms with E-state index in [1.807, 2.05) is 36.4 Å². The summed E-state index contributed by atoms with van der Waals surface area (Å²) in [6, 6.07) is 11.0. The van der Waals surface area contributed by atoms with Crippen LogP contribution < -0.4 is 0 Å². The summed E-state index contributed by atoms with van der Waals surface area (Å²) >= 11 is 13.4. The van der Waals surface area contributed by atoms with Crippen LogP contribution in [-0.4, -0.2) is 32.5 Å². The van der Waals surface area contributed by atoms with Gasteiger partial charge in [0, 0.05) is 22.3 Å². The van der Waals surface area contributed by atoms with E-state index in [9.17, 15) is 9.59 Å². The minimum absolute atomic E-state index is 0.239. The number of aldehydes is 2. The second kappa shape index (κ2) is 8.49. The molecular formula is C22H12Cl2N4O2. The molecule has 6 nitrogen and oxygen atoms in total. The molecule has 0 saturated heterocycles. The smallest absolute Gasteiger partial charge is 0.170 e. The van der Waals surface area contributed by atoms with Crippen LogP contribution in [-0.2, 0) is 0 Å². The summed E-state index contributed by atoms with van der Waals surface area (Å²) in [6.07, 6.45) is 7.03. The van der Waals surface area contributed by atoms with Gasteiger partial charge in [-0.2, -0.15) is 0 Å². The zero-order valence-corrected chi connectivity index (χ0v) is 16.8. The fraction of sp³-hybridized carbons (Fsp3) is 0. The minimum Gasteiger partial charge on any atom is -0.296 e. The molecule has 0 amide bonds. The van der Waals surface area contributed by atoms with Crippen LogP contribution in [0.4, 0.5) is 0 Å². The Morgan fingerprint density at radius 2 is 0.967 bits per heavy atom. The topological polar surface area (TPSA) is 85.7 Å². The van der Waals surface area contributed by atoms with Gasteiger partial charge < -0.3 is 0 Å². The van der Waals surface area contributed by atoms with Gasteiger partial charge >= 0.3 is 0 Å². The van der Waals surface area contributed by atoms with Crippen LogP contribution in [0.3, 0.4) is 0 Å². The lowest BCUT2D eigenvalue weighted by molar-refractivity contribution is 0.111. The molecular weight excluding hydrogens is 423 g/mol. The summed E-state index contributed by atoms with van der Waals surface area (Å²) in [5, 5.41) is 0.902. The number of hydrogen-bond donors (Lipinski definition) is 0. The average Bonchev–Trinajstić information content (AvgIpc) is 2.80. The quantitative estimate of drug-likeness (QED) is 0.401. The molecule has 0 unspecified atom stereocenters. The Morgan fingerprint density at radius 1 is 0.567 bits per heavy atom. The van der Waals surface area contributed by atoms with Crippen molar-refractivity contribution in [3.63, 3.8) is 0 Å². The minimum atomic E-state index is 0.239. The van der Waals surface area contributed by atoms with Gasteiger partial charge in [0.1, 0.15) is 11.4 Å². The lowest BCUT2D eigenvalue weighted by Crippen LogP contribution is -1.94. The molecule has 0 bridgehead atoms. The third kappa shape index (κ3) is 3.70. The zero-order chi connectivity index (χ0) is 21.1. The van der Waals surface area contributed by atoms with Gasteiger partial charge in [-0.15, -0.1) is 0 Å². The number of aromatic nitrogens is 4. The summed E-state index contributed by atoms with van der Waals surface area (Å²) in [5.41, 5.74) is 4.29. The molecule has 0 atom stereocenters. The van der Waals surface area contributed by atoms with E-state index in [0.29, 0.717) is 56.3 Å². The molecule has 0 N–H and O–H groups in total. The first-order chi connectivity index (χ1) is 14.6. The lowest BCUT2D eigenvalue weighted by atomic mass is 9.98. The Balaban J connectivity index is 1.80. The van der Waals surface area contributed by atoms with E-state index in [0.717, 1.165) is 0 Å². The highest BCUT2D eigenvalue weighted by Gasteiger charge is 2.16. The number of carbonyl (C=O) groups is 2. The number of halogens is 2. The molecule has 2 heterocycles. The van der Waals surface area contributed by atoms with Crippen molar-refractivity contribution in [3.05, 3.63) is 82.6 Å². The third-order valence-electron chi connectivity index (χ3n) is 4.42. The van der Waals surface area contributed by atoms with Crippen molar-refractivity contribution in [3.8, 4) is 33.6 Å². The van der Waals surface area contributed by atoms with Crippen LogP contribution in [0.5, 0.6) is 0 Å². The normalized spacial score (nSPS) is 10.6. The molecule has 4 aromatic rings. The monoisotopic (exact) mass is 434 g/mol. The summed E-state index contributed by atoms with van der Waals surface area (Å²) in [7, 11) is 0. The van der Waals surface area contributed by atoms with Gasteiger partial charge in [-0.3, -0.25) is 19.6 Å². The van der Waals surface area contributed by atoms with E-state index in [-0.39, 0.29) is 11.4 Å². The number of carbonyl (C=O) groups excluding carboxylic acids is 2. The van der Waals surface area contributed by atoms with Gasteiger partial charge in [0.25, 0.3) is 0 Å². The summed E-state index contributed by atoms with van der Waals surface area (Å²) in [6.45, 7) is 0. The molecule has 0 aliphatic carbocycles. The SMILES string of the molecule is O=Cc1cnc(-c2cccc(-c3cccc(-c4cnc(C=O)cn4)c3Cl)c2Cl)cn1. The highest BCUT2D eigenvalue weighted by molar-refractivity contribution is 6.39. The van der Waals surface area contributed by atoms with Gasteiger partial charge in [0.15, 0.2) is 12.6 Å². The second-order valence-corrected chi connectivity index (χ2v) is 6.98. The predicted octanol–water partition coefficient (Wildman–Crippen LogP) is 5.20. The average molecular weight is 435 g/mol. The largest absolute Gasteiger partial charge is 0.296 e. The highest BCUT2D eigenvalue weighted by Crippen LogP contribution is 2.41. The first-order valence-electron chi connectivity index (χ1n) is 8.75. The zero-order valence-electron chi connectivity index (χ0n) is 15.3. The van der Waals surface area contributed by atoms with Crippen LogP contribution in [0.25, 0.3) is 33.6 Å². The standard InChI is InChI=1S/C22H12Cl2N4O2/c23-21-15(3-1-5-17(21)19-9-25-13(11-29)7-27-19)16-4-2-6-18(22(16)24)20-10-26-14(12-30)8-28-20/h1-12H. The molecule has 0 spiro atoms. The van der Waals surface area contributed by atoms with Crippen molar-refractivity contribution in [1.29, 1.82) is 0 Å². The molecule has 30 heavy (non-hydrogen) atoms. The van der Waals surface area contributed by atoms with E-state index in [2.05, 4.69) is 19.9 Å². The molecule has 2 aromatic carbocycles. The first kappa shape index (κ1) is 19.8. The Hall–Kier alpha value is -3.48. The Kier molecular flexibility index (Phi) is 5.61. The maximum Gasteiger partial charge on any atom is 0.170 e. The molecule has 4 rings (SSSR count). The van der Waals surface area contributed by atoms with Crippen LogP contribution >= 0.6 is 23.2 Å². The number of rotatable bonds is 5. The van der Waals surface area contributed by atoms with Crippen molar-refractivity contribution in [1.82, 2.24) is 19.9 Å². The predicted molar refractivity (Wildman–Crippen MR) is 115 cm³/mol. The molecule has 0 aliphatic heterocycles. The summed E-state index contributed by atoms with van der Waals surface area (Å²) < 4.78 is 0. The molecule has 0 aliphatic rings. The molecule has 146 valence electrons. The van der Waals surface area contributed by atoms with Gasteiger partial charge in [-0.25, -0.2) is 9.97 Å². The third-order valence-corrected chi connectivity index (χ3v) is 5.24. The van der Waals surface area contributed by atoms with Gasteiger partial charge in [0.2, 0.25) is 0 Å². The highest BCUT2D eigenvalue weighted by atomic mass is 35.5. The number of nitrogens with zero attached hydrogens (tertiary/aromatic N) is 4. The summed E-state index contributed by atoms with van der Waals surface area (Å²) in [4.78, 5) is 38.2. The maximum atomic E-state index is 10.8. The van der Waals surface area contributed by atoms with Crippen molar-refractivity contribution in [2.75, 3.05) is 0 Å².